The van der Waals surface area contributed by atoms with E-state index in [-0.39, 0.29) is 0 Å². The lowest BCUT2D eigenvalue weighted by Crippen LogP contribution is -2.40. The van der Waals surface area contributed by atoms with Crippen LogP contribution in [-0.4, -0.2) is 61.7 Å². The van der Waals surface area contributed by atoms with Gasteiger partial charge in [0.15, 0.2) is 0 Å². The van der Waals surface area contributed by atoms with Crippen molar-refractivity contribution in [1.29, 1.82) is 0 Å². The van der Waals surface area contributed by atoms with Crippen molar-refractivity contribution in [3.63, 3.8) is 0 Å². The summed E-state index contributed by atoms with van der Waals surface area (Å²) < 4.78 is 6.40. The van der Waals surface area contributed by atoms with E-state index in [0.717, 1.165) is 57.9 Å². The van der Waals surface area contributed by atoms with E-state index in [0.29, 0.717) is 12.0 Å². The van der Waals surface area contributed by atoms with E-state index in [1.807, 2.05) is 0 Å². The first kappa shape index (κ1) is 26.9. The topological polar surface area (TPSA) is 27.7 Å². The molecule has 2 aliphatic rings. The summed E-state index contributed by atoms with van der Waals surface area (Å²) in [6, 6.07) is 30.6. The maximum Gasteiger partial charge on any atom is 0.119 e. The van der Waals surface area contributed by atoms with Gasteiger partial charge in [0.2, 0.25) is 0 Å². The second-order valence-corrected chi connectivity index (χ2v) is 11.1. The van der Waals surface area contributed by atoms with Crippen LogP contribution in [-0.2, 0) is 6.54 Å². The number of ether oxygens (including phenoxy) is 1. The molecule has 0 bridgehead atoms. The van der Waals surface area contributed by atoms with Crippen LogP contribution in [0.5, 0.6) is 5.75 Å². The second-order valence-electron chi connectivity index (χ2n) is 11.1. The number of hydrogen-bond acceptors (Lipinski definition) is 4. The third kappa shape index (κ3) is 8.17. The Morgan fingerprint density at radius 3 is 1.89 bits per heavy atom. The van der Waals surface area contributed by atoms with Gasteiger partial charge in [-0.3, -0.25) is 0 Å². The number of nitrogens with one attached hydrogen (secondary N) is 1. The van der Waals surface area contributed by atoms with Crippen molar-refractivity contribution >= 4 is 0 Å². The van der Waals surface area contributed by atoms with Crippen molar-refractivity contribution in [1.82, 2.24) is 15.1 Å². The predicted molar refractivity (Wildman–Crippen MR) is 158 cm³/mol. The van der Waals surface area contributed by atoms with E-state index >= 15 is 0 Å². The Bertz CT molecular complexity index is 1000. The molecule has 0 radical (unpaired) electrons. The smallest absolute Gasteiger partial charge is 0.119 e. The summed E-state index contributed by atoms with van der Waals surface area (Å²) in [6.07, 6.45) is 7.99. The SMILES string of the molecule is c1ccc(C(CN2CCC(Oc3ccc(CNCCN4CCCCCC4)cc3)CC2)c2ccccc2)cc1. The lowest BCUT2D eigenvalue weighted by atomic mass is 9.90. The fourth-order valence-electron chi connectivity index (χ4n) is 5.95. The molecular weight excluding hydrogens is 466 g/mol. The van der Waals surface area contributed by atoms with Crippen LogP contribution >= 0.6 is 0 Å². The number of nitrogens with zero attached hydrogens (tertiary/aromatic N) is 2. The number of hydrogen-bond donors (Lipinski definition) is 1. The Morgan fingerprint density at radius 1 is 0.684 bits per heavy atom. The van der Waals surface area contributed by atoms with Crippen LogP contribution in [0.25, 0.3) is 0 Å². The third-order valence-electron chi connectivity index (χ3n) is 8.24. The molecule has 0 aliphatic carbocycles. The average Bonchev–Trinajstić information content (AvgIpc) is 3.26. The fourth-order valence-corrected chi connectivity index (χ4v) is 5.95. The predicted octanol–water partition coefficient (Wildman–Crippen LogP) is 6.33. The van der Waals surface area contributed by atoms with Gasteiger partial charge in [0, 0.05) is 45.2 Å². The summed E-state index contributed by atoms with van der Waals surface area (Å²) in [7, 11) is 0. The highest BCUT2D eigenvalue weighted by atomic mass is 16.5. The van der Waals surface area contributed by atoms with Gasteiger partial charge in [-0.25, -0.2) is 0 Å². The quantitative estimate of drug-likeness (QED) is 0.305. The summed E-state index contributed by atoms with van der Waals surface area (Å²) in [5.74, 6) is 1.41. The maximum atomic E-state index is 6.40. The maximum absolute atomic E-state index is 6.40. The zero-order valence-electron chi connectivity index (χ0n) is 22.9. The molecule has 4 nitrogen and oxygen atoms in total. The van der Waals surface area contributed by atoms with E-state index in [1.165, 1.54) is 55.5 Å². The highest BCUT2D eigenvalue weighted by molar-refractivity contribution is 5.33. The molecule has 4 heteroatoms. The van der Waals surface area contributed by atoms with Crippen molar-refractivity contribution in [3.8, 4) is 5.75 Å². The first-order chi connectivity index (χ1) is 18.8. The molecule has 3 aromatic rings. The van der Waals surface area contributed by atoms with Gasteiger partial charge in [-0.2, -0.15) is 0 Å². The normalized spacial score (nSPS) is 17.9. The highest BCUT2D eigenvalue weighted by Crippen LogP contribution is 2.28. The average molecular weight is 512 g/mol. The van der Waals surface area contributed by atoms with Gasteiger partial charge >= 0.3 is 0 Å². The third-order valence-corrected chi connectivity index (χ3v) is 8.24. The van der Waals surface area contributed by atoms with Crippen molar-refractivity contribution in [3.05, 3.63) is 102 Å². The Hall–Kier alpha value is -2.66. The van der Waals surface area contributed by atoms with Gasteiger partial charge < -0.3 is 19.9 Å². The van der Waals surface area contributed by atoms with Crippen LogP contribution < -0.4 is 10.1 Å². The number of piperidine rings is 1. The Kier molecular flexibility index (Phi) is 10.3. The number of likely N-dealkylation sites (tertiary alicyclic amines) is 2. The van der Waals surface area contributed by atoms with Gasteiger partial charge in [0.25, 0.3) is 0 Å². The standard InChI is InChI=1S/C34H45N3O/c1-2-10-23-36(22-9-1)26-21-35-27-29-15-17-32(18-16-29)38-33-19-24-37(25-20-33)28-34(30-11-5-3-6-12-30)31-13-7-4-8-14-31/h3-8,11-18,33-35H,1-2,9-10,19-28H2. The molecule has 0 atom stereocenters. The van der Waals surface area contributed by atoms with E-state index in [1.54, 1.807) is 0 Å². The number of benzene rings is 3. The molecular formula is C34H45N3O. The molecule has 38 heavy (non-hydrogen) atoms. The van der Waals surface area contributed by atoms with E-state index in [4.69, 9.17) is 4.74 Å². The zero-order chi connectivity index (χ0) is 25.8. The van der Waals surface area contributed by atoms with Crippen LogP contribution in [0.15, 0.2) is 84.9 Å². The summed E-state index contributed by atoms with van der Waals surface area (Å²) in [5, 5.41) is 3.63. The largest absolute Gasteiger partial charge is 0.490 e. The van der Waals surface area contributed by atoms with Gasteiger partial charge in [0.05, 0.1) is 0 Å². The molecule has 2 saturated heterocycles. The van der Waals surface area contributed by atoms with Crippen LogP contribution in [0.3, 0.4) is 0 Å². The van der Waals surface area contributed by atoms with Crippen LogP contribution in [0.1, 0.15) is 61.1 Å². The first-order valence-corrected chi connectivity index (χ1v) is 14.8. The minimum atomic E-state index is 0.302. The Morgan fingerprint density at radius 2 is 1.29 bits per heavy atom. The minimum absolute atomic E-state index is 0.302. The van der Waals surface area contributed by atoms with E-state index in [2.05, 4.69) is 100 Å². The molecule has 0 unspecified atom stereocenters. The molecule has 1 N–H and O–H groups in total. The lowest BCUT2D eigenvalue weighted by molar-refractivity contribution is 0.0988. The van der Waals surface area contributed by atoms with Crippen LogP contribution in [0.2, 0.25) is 0 Å². The fraction of sp³-hybridized carbons (Fsp3) is 0.471. The summed E-state index contributed by atoms with van der Waals surface area (Å²) in [5.41, 5.74) is 4.12. The molecule has 0 spiro atoms. The number of rotatable bonds is 11. The van der Waals surface area contributed by atoms with Gasteiger partial charge in [-0.05, 0) is 67.6 Å². The van der Waals surface area contributed by atoms with Gasteiger partial charge in [-0.1, -0.05) is 85.6 Å². The van der Waals surface area contributed by atoms with Gasteiger partial charge in [0.1, 0.15) is 11.9 Å². The highest BCUT2D eigenvalue weighted by Gasteiger charge is 2.24. The van der Waals surface area contributed by atoms with Gasteiger partial charge in [-0.15, -0.1) is 0 Å². The monoisotopic (exact) mass is 511 g/mol. The molecule has 2 heterocycles. The Labute approximate surface area is 230 Å². The second kappa shape index (κ2) is 14.5. The van der Waals surface area contributed by atoms with E-state index < -0.39 is 0 Å². The Balaban J connectivity index is 1.04. The molecule has 0 aromatic heterocycles. The minimum Gasteiger partial charge on any atom is -0.490 e. The van der Waals surface area contributed by atoms with Crippen LogP contribution in [0, 0.1) is 0 Å². The van der Waals surface area contributed by atoms with E-state index in [9.17, 15) is 0 Å². The first-order valence-electron chi connectivity index (χ1n) is 14.8. The molecule has 5 rings (SSSR count). The molecule has 0 amide bonds. The van der Waals surface area contributed by atoms with Crippen molar-refractivity contribution in [2.45, 2.75) is 57.1 Å². The molecule has 202 valence electrons. The molecule has 3 aromatic carbocycles. The van der Waals surface area contributed by atoms with Crippen molar-refractivity contribution < 1.29 is 4.74 Å². The molecule has 2 fully saturated rings. The van der Waals surface area contributed by atoms with Crippen molar-refractivity contribution in [2.24, 2.45) is 0 Å². The van der Waals surface area contributed by atoms with Crippen LogP contribution in [0.4, 0.5) is 0 Å². The molecule has 2 aliphatic heterocycles. The summed E-state index contributed by atoms with van der Waals surface area (Å²) in [6.45, 7) is 8.92. The lowest BCUT2D eigenvalue weighted by Gasteiger charge is -2.34. The molecule has 0 saturated carbocycles. The summed E-state index contributed by atoms with van der Waals surface area (Å²) >= 11 is 0. The van der Waals surface area contributed by atoms with Crippen molar-refractivity contribution in [2.75, 3.05) is 45.8 Å². The zero-order valence-corrected chi connectivity index (χ0v) is 22.9. The summed E-state index contributed by atoms with van der Waals surface area (Å²) in [4.78, 5) is 5.23.